The molecular formula is C14H17N3O2. The minimum atomic E-state index is 0.465. The van der Waals surface area contributed by atoms with Gasteiger partial charge in [-0.25, -0.2) is 9.97 Å². The number of ether oxygens (including phenoxy) is 2. The first-order valence-electron chi connectivity index (χ1n) is 6.13. The van der Waals surface area contributed by atoms with Crippen LogP contribution in [0.1, 0.15) is 5.56 Å². The Labute approximate surface area is 112 Å². The second-order valence-electron chi connectivity index (χ2n) is 3.88. The second kappa shape index (κ2) is 7.33. The molecule has 0 unspecified atom stereocenters. The van der Waals surface area contributed by atoms with Crippen LogP contribution in [-0.4, -0.2) is 30.2 Å². The predicted octanol–water partition coefficient (Wildman–Crippen LogP) is 2.11. The molecule has 0 atom stereocenters. The minimum absolute atomic E-state index is 0.465. The lowest BCUT2D eigenvalue weighted by atomic mass is 10.2. The van der Waals surface area contributed by atoms with E-state index in [1.165, 1.54) is 6.33 Å². The maximum Gasteiger partial charge on any atom is 0.218 e. The number of aromatic nitrogens is 2. The molecule has 1 heterocycles. The van der Waals surface area contributed by atoms with Gasteiger partial charge in [0.1, 0.15) is 18.8 Å². The number of hydrogen-bond acceptors (Lipinski definition) is 5. The molecule has 0 saturated carbocycles. The van der Waals surface area contributed by atoms with Crippen LogP contribution in [0.15, 0.2) is 42.7 Å². The van der Waals surface area contributed by atoms with E-state index in [0.717, 1.165) is 11.4 Å². The third kappa shape index (κ3) is 4.56. The minimum Gasteiger partial charge on any atom is -0.475 e. The lowest BCUT2D eigenvalue weighted by Gasteiger charge is -2.07. The van der Waals surface area contributed by atoms with E-state index in [-0.39, 0.29) is 0 Å². The topological polar surface area (TPSA) is 56.3 Å². The summed E-state index contributed by atoms with van der Waals surface area (Å²) in [6, 6.07) is 11.8. The smallest absolute Gasteiger partial charge is 0.218 e. The van der Waals surface area contributed by atoms with E-state index in [2.05, 4.69) is 15.3 Å². The van der Waals surface area contributed by atoms with Crippen molar-refractivity contribution in [3.8, 4) is 5.88 Å². The summed E-state index contributed by atoms with van der Waals surface area (Å²) in [4.78, 5) is 8.02. The number of hydrogen-bond donors (Lipinski definition) is 1. The van der Waals surface area contributed by atoms with Crippen molar-refractivity contribution in [2.45, 2.75) is 6.61 Å². The fraction of sp³-hybridized carbons (Fsp3) is 0.286. The van der Waals surface area contributed by atoms with Crippen LogP contribution in [0.3, 0.4) is 0 Å². The second-order valence-corrected chi connectivity index (χ2v) is 3.88. The molecule has 2 rings (SSSR count). The highest BCUT2D eigenvalue weighted by Gasteiger charge is 1.98. The highest BCUT2D eigenvalue weighted by atomic mass is 16.5. The van der Waals surface area contributed by atoms with Gasteiger partial charge in [0.15, 0.2) is 0 Å². The van der Waals surface area contributed by atoms with Crippen LogP contribution < -0.4 is 10.1 Å². The van der Waals surface area contributed by atoms with Gasteiger partial charge >= 0.3 is 0 Å². The van der Waals surface area contributed by atoms with Crippen molar-refractivity contribution < 1.29 is 9.47 Å². The van der Waals surface area contributed by atoms with Crippen LogP contribution in [-0.2, 0) is 11.3 Å². The average Bonchev–Trinajstić information content (AvgIpc) is 2.48. The largest absolute Gasteiger partial charge is 0.475 e. The van der Waals surface area contributed by atoms with Crippen LogP contribution in [0.5, 0.6) is 5.88 Å². The van der Waals surface area contributed by atoms with E-state index in [0.29, 0.717) is 25.7 Å². The van der Waals surface area contributed by atoms with Crippen molar-refractivity contribution in [3.63, 3.8) is 0 Å². The molecule has 1 aromatic carbocycles. The Bertz CT molecular complexity index is 491. The zero-order chi connectivity index (χ0) is 13.3. The maximum absolute atomic E-state index is 5.51. The third-order valence-corrected chi connectivity index (χ3v) is 2.49. The summed E-state index contributed by atoms with van der Waals surface area (Å²) in [6.07, 6.45) is 1.46. The van der Waals surface area contributed by atoms with E-state index in [1.807, 2.05) is 30.3 Å². The van der Waals surface area contributed by atoms with Gasteiger partial charge in [-0.15, -0.1) is 0 Å². The molecule has 100 valence electrons. The van der Waals surface area contributed by atoms with E-state index in [4.69, 9.17) is 9.47 Å². The summed E-state index contributed by atoms with van der Waals surface area (Å²) >= 11 is 0. The van der Waals surface area contributed by atoms with Gasteiger partial charge in [0.25, 0.3) is 0 Å². The Balaban J connectivity index is 1.66. The molecule has 19 heavy (non-hydrogen) atoms. The van der Waals surface area contributed by atoms with Gasteiger partial charge in [0.05, 0.1) is 13.2 Å². The number of benzene rings is 1. The standard InChI is InChI=1S/C14H17N3O2/c1-15-13-9-14(17-11-16-13)19-8-7-18-10-12-5-3-2-4-6-12/h2-6,9,11H,7-8,10H2,1H3,(H,15,16,17). The van der Waals surface area contributed by atoms with E-state index in [1.54, 1.807) is 13.1 Å². The zero-order valence-electron chi connectivity index (χ0n) is 10.9. The fourth-order valence-corrected chi connectivity index (χ4v) is 1.52. The van der Waals surface area contributed by atoms with Crippen molar-refractivity contribution in [2.75, 3.05) is 25.6 Å². The average molecular weight is 259 g/mol. The fourth-order valence-electron chi connectivity index (χ4n) is 1.52. The molecular weight excluding hydrogens is 242 g/mol. The van der Waals surface area contributed by atoms with Crippen LogP contribution >= 0.6 is 0 Å². The number of nitrogens with one attached hydrogen (secondary N) is 1. The molecule has 0 saturated heterocycles. The molecule has 0 aliphatic rings. The van der Waals surface area contributed by atoms with Crippen LogP contribution in [0.2, 0.25) is 0 Å². The van der Waals surface area contributed by atoms with Gasteiger partial charge in [-0.3, -0.25) is 0 Å². The molecule has 0 radical (unpaired) electrons. The van der Waals surface area contributed by atoms with Gasteiger partial charge in [-0.1, -0.05) is 30.3 Å². The third-order valence-electron chi connectivity index (χ3n) is 2.49. The molecule has 0 aliphatic carbocycles. The molecule has 2 aromatic rings. The zero-order valence-corrected chi connectivity index (χ0v) is 10.9. The van der Waals surface area contributed by atoms with E-state index < -0.39 is 0 Å². The number of rotatable bonds is 7. The normalized spacial score (nSPS) is 10.2. The van der Waals surface area contributed by atoms with Crippen molar-refractivity contribution in [1.29, 1.82) is 0 Å². The van der Waals surface area contributed by atoms with Crippen LogP contribution in [0.4, 0.5) is 5.82 Å². The van der Waals surface area contributed by atoms with Gasteiger partial charge in [0.2, 0.25) is 5.88 Å². The molecule has 0 spiro atoms. The van der Waals surface area contributed by atoms with Crippen molar-refractivity contribution >= 4 is 5.82 Å². The Morgan fingerprint density at radius 1 is 1.11 bits per heavy atom. The van der Waals surface area contributed by atoms with Crippen molar-refractivity contribution in [2.24, 2.45) is 0 Å². The van der Waals surface area contributed by atoms with Crippen molar-refractivity contribution in [1.82, 2.24) is 9.97 Å². The summed E-state index contributed by atoms with van der Waals surface area (Å²) in [5.41, 5.74) is 1.15. The number of nitrogens with zero attached hydrogens (tertiary/aromatic N) is 2. The van der Waals surface area contributed by atoms with Crippen LogP contribution in [0, 0.1) is 0 Å². The summed E-state index contributed by atoms with van der Waals surface area (Å²) in [6.45, 7) is 1.58. The Hall–Kier alpha value is -2.14. The molecule has 5 heteroatoms. The Morgan fingerprint density at radius 2 is 1.95 bits per heavy atom. The van der Waals surface area contributed by atoms with E-state index >= 15 is 0 Å². The first-order valence-corrected chi connectivity index (χ1v) is 6.13. The number of anilines is 1. The highest BCUT2D eigenvalue weighted by Crippen LogP contribution is 2.09. The predicted molar refractivity (Wildman–Crippen MR) is 73.2 cm³/mol. The first kappa shape index (κ1) is 13.3. The lowest BCUT2D eigenvalue weighted by molar-refractivity contribution is 0.0874. The quantitative estimate of drug-likeness (QED) is 0.772. The Morgan fingerprint density at radius 3 is 2.74 bits per heavy atom. The molecule has 0 aliphatic heterocycles. The van der Waals surface area contributed by atoms with Gasteiger partial charge < -0.3 is 14.8 Å². The van der Waals surface area contributed by atoms with Gasteiger partial charge in [-0.05, 0) is 5.56 Å². The molecule has 1 aromatic heterocycles. The molecule has 5 nitrogen and oxygen atoms in total. The lowest BCUT2D eigenvalue weighted by Crippen LogP contribution is -2.08. The van der Waals surface area contributed by atoms with Gasteiger partial charge in [0, 0.05) is 13.1 Å². The summed E-state index contributed by atoms with van der Waals surface area (Å²) < 4.78 is 11.0. The molecule has 0 amide bonds. The van der Waals surface area contributed by atoms with Crippen LogP contribution in [0.25, 0.3) is 0 Å². The highest BCUT2D eigenvalue weighted by molar-refractivity contribution is 5.35. The summed E-state index contributed by atoms with van der Waals surface area (Å²) in [5, 5.41) is 2.93. The first-order chi connectivity index (χ1) is 9.38. The summed E-state index contributed by atoms with van der Waals surface area (Å²) in [7, 11) is 1.80. The summed E-state index contributed by atoms with van der Waals surface area (Å²) in [5.74, 6) is 1.28. The monoisotopic (exact) mass is 259 g/mol. The molecule has 1 N–H and O–H groups in total. The SMILES string of the molecule is CNc1cc(OCCOCc2ccccc2)ncn1. The van der Waals surface area contributed by atoms with E-state index in [9.17, 15) is 0 Å². The van der Waals surface area contributed by atoms with Gasteiger partial charge in [-0.2, -0.15) is 0 Å². The maximum atomic E-state index is 5.51. The van der Waals surface area contributed by atoms with Crippen molar-refractivity contribution in [3.05, 3.63) is 48.3 Å². The Kier molecular flexibility index (Phi) is 5.13. The molecule has 0 fully saturated rings. The molecule has 0 bridgehead atoms.